The van der Waals surface area contributed by atoms with Crippen LogP contribution in [0.4, 0.5) is 0 Å². The number of nitrogens with one attached hydrogen (secondary N) is 1. The van der Waals surface area contributed by atoms with Crippen LogP contribution in [0, 0.1) is 3.57 Å². The van der Waals surface area contributed by atoms with Gasteiger partial charge in [-0.2, -0.15) is 0 Å². The van der Waals surface area contributed by atoms with Crippen LogP contribution in [-0.2, 0) is 0 Å². The van der Waals surface area contributed by atoms with Gasteiger partial charge in [-0.15, -0.1) is 0 Å². The van der Waals surface area contributed by atoms with Gasteiger partial charge in [0.25, 0.3) is 5.91 Å². The molecule has 0 spiro atoms. The SMILES string of the molecule is O=C(NCC(O)c1ccccc1)c1cccc(I)c1. The van der Waals surface area contributed by atoms with Crippen molar-refractivity contribution in [1.82, 2.24) is 5.32 Å². The Bertz CT molecular complexity index is 557. The Labute approximate surface area is 125 Å². The number of benzene rings is 2. The highest BCUT2D eigenvalue weighted by atomic mass is 127. The number of hydrogen-bond donors (Lipinski definition) is 2. The van der Waals surface area contributed by atoms with E-state index in [1.165, 1.54) is 0 Å². The maximum absolute atomic E-state index is 11.9. The summed E-state index contributed by atoms with van der Waals surface area (Å²) >= 11 is 2.16. The maximum atomic E-state index is 11.9. The van der Waals surface area contributed by atoms with Gasteiger partial charge in [-0.25, -0.2) is 0 Å². The van der Waals surface area contributed by atoms with Crippen molar-refractivity contribution >= 4 is 28.5 Å². The van der Waals surface area contributed by atoms with E-state index in [9.17, 15) is 9.90 Å². The van der Waals surface area contributed by atoms with Crippen molar-refractivity contribution in [3.63, 3.8) is 0 Å². The van der Waals surface area contributed by atoms with Crippen LogP contribution in [0.15, 0.2) is 54.6 Å². The van der Waals surface area contributed by atoms with Crippen molar-refractivity contribution in [2.75, 3.05) is 6.54 Å². The van der Waals surface area contributed by atoms with Crippen LogP contribution in [0.1, 0.15) is 22.0 Å². The number of hydrogen-bond acceptors (Lipinski definition) is 2. The van der Waals surface area contributed by atoms with Gasteiger partial charge in [0.1, 0.15) is 0 Å². The van der Waals surface area contributed by atoms with Crippen molar-refractivity contribution in [1.29, 1.82) is 0 Å². The molecular weight excluding hydrogens is 353 g/mol. The lowest BCUT2D eigenvalue weighted by Gasteiger charge is -2.12. The third-order valence-electron chi connectivity index (χ3n) is 2.73. The zero-order chi connectivity index (χ0) is 13.7. The topological polar surface area (TPSA) is 49.3 Å². The third kappa shape index (κ3) is 4.04. The Balaban J connectivity index is 1.94. The highest BCUT2D eigenvalue weighted by molar-refractivity contribution is 14.1. The molecule has 0 aliphatic heterocycles. The lowest BCUT2D eigenvalue weighted by molar-refractivity contribution is 0.0916. The number of halogens is 1. The molecule has 2 N–H and O–H groups in total. The first-order chi connectivity index (χ1) is 9.16. The molecule has 0 fully saturated rings. The normalized spacial score (nSPS) is 11.9. The number of carbonyl (C=O) groups is 1. The summed E-state index contributed by atoms with van der Waals surface area (Å²) in [5, 5.41) is 12.7. The van der Waals surface area contributed by atoms with Crippen LogP contribution in [0.3, 0.4) is 0 Å². The first-order valence-corrected chi connectivity index (χ1v) is 7.01. The summed E-state index contributed by atoms with van der Waals surface area (Å²) in [7, 11) is 0. The summed E-state index contributed by atoms with van der Waals surface area (Å²) < 4.78 is 1.01. The fourth-order valence-electron chi connectivity index (χ4n) is 1.71. The summed E-state index contributed by atoms with van der Waals surface area (Å²) in [6.07, 6.45) is -0.687. The summed E-state index contributed by atoms with van der Waals surface area (Å²) in [6.45, 7) is 0.203. The van der Waals surface area contributed by atoms with Crippen molar-refractivity contribution in [2.45, 2.75) is 6.10 Å². The predicted molar refractivity (Wildman–Crippen MR) is 82.9 cm³/mol. The van der Waals surface area contributed by atoms with Gasteiger partial charge in [0.2, 0.25) is 0 Å². The quantitative estimate of drug-likeness (QED) is 0.817. The van der Waals surface area contributed by atoms with E-state index in [0.29, 0.717) is 5.56 Å². The highest BCUT2D eigenvalue weighted by Crippen LogP contribution is 2.11. The van der Waals surface area contributed by atoms with Crippen LogP contribution in [0.5, 0.6) is 0 Å². The van der Waals surface area contributed by atoms with E-state index in [-0.39, 0.29) is 12.5 Å². The zero-order valence-corrected chi connectivity index (χ0v) is 12.4. The highest BCUT2D eigenvalue weighted by Gasteiger charge is 2.10. The second kappa shape index (κ2) is 6.68. The Kier molecular flexibility index (Phi) is 4.93. The second-order valence-corrected chi connectivity index (χ2v) is 5.39. The third-order valence-corrected chi connectivity index (χ3v) is 3.40. The number of amides is 1. The van der Waals surface area contributed by atoms with E-state index in [0.717, 1.165) is 9.13 Å². The molecule has 0 aromatic heterocycles. The molecule has 1 amide bonds. The average Bonchev–Trinajstić information content (AvgIpc) is 2.45. The van der Waals surface area contributed by atoms with E-state index in [1.54, 1.807) is 6.07 Å². The van der Waals surface area contributed by atoms with E-state index in [2.05, 4.69) is 27.9 Å². The fourth-order valence-corrected chi connectivity index (χ4v) is 2.26. The standard InChI is InChI=1S/C15H14INO2/c16-13-8-4-7-12(9-13)15(19)17-10-14(18)11-5-2-1-3-6-11/h1-9,14,18H,10H2,(H,17,19). The zero-order valence-electron chi connectivity index (χ0n) is 10.2. The predicted octanol–water partition coefficient (Wildman–Crippen LogP) is 2.75. The monoisotopic (exact) mass is 367 g/mol. The van der Waals surface area contributed by atoms with E-state index < -0.39 is 6.10 Å². The summed E-state index contributed by atoms with van der Waals surface area (Å²) in [5.41, 5.74) is 1.40. The lowest BCUT2D eigenvalue weighted by atomic mass is 10.1. The second-order valence-electron chi connectivity index (χ2n) is 4.15. The number of carbonyl (C=O) groups excluding carboxylic acids is 1. The van der Waals surface area contributed by atoms with Gasteiger partial charge >= 0.3 is 0 Å². The molecular formula is C15H14INO2. The first-order valence-electron chi connectivity index (χ1n) is 5.93. The molecule has 1 unspecified atom stereocenters. The van der Waals surface area contributed by atoms with Crippen molar-refractivity contribution in [3.05, 3.63) is 69.3 Å². The van der Waals surface area contributed by atoms with E-state index in [4.69, 9.17) is 0 Å². The molecule has 98 valence electrons. The Morgan fingerprint density at radius 1 is 1.16 bits per heavy atom. The molecule has 0 saturated heterocycles. The van der Waals surface area contributed by atoms with Gasteiger partial charge in [0.05, 0.1) is 6.10 Å². The van der Waals surface area contributed by atoms with Gasteiger partial charge in [0.15, 0.2) is 0 Å². The fraction of sp³-hybridized carbons (Fsp3) is 0.133. The molecule has 0 bridgehead atoms. The molecule has 3 nitrogen and oxygen atoms in total. The molecule has 0 aliphatic carbocycles. The van der Waals surface area contributed by atoms with E-state index in [1.807, 2.05) is 48.5 Å². The summed E-state index contributed by atoms with van der Waals surface area (Å²) in [4.78, 5) is 11.9. The van der Waals surface area contributed by atoms with Crippen LogP contribution < -0.4 is 5.32 Å². The maximum Gasteiger partial charge on any atom is 0.251 e. The summed E-state index contributed by atoms with van der Waals surface area (Å²) in [5.74, 6) is -0.173. The smallest absolute Gasteiger partial charge is 0.251 e. The number of aliphatic hydroxyl groups is 1. The molecule has 2 aromatic rings. The number of rotatable bonds is 4. The van der Waals surface area contributed by atoms with Crippen LogP contribution >= 0.6 is 22.6 Å². The molecule has 2 aromatic carbocycles. The van der Waals surface area contributed by atoms with Crippen molar-refractivity contribution in [3.8, 4) is 0 Å². The Hall–Kier alpha value is -1.40. The lowest BCUT2D eigenvalue weighted by Crippen LogP contribution is -2.28. The minimum Gasteiger partial charge on any atom is -0.387 e. The van der Waals surface area contributed by atoms with Crippen LogP contribution in [0.25, 0.3) is 0 Å². The van der Waals surface area contributed by atoms with Crippen LogP contribution in [0.2, 0.25) is 0 Å². The van der Waals surface area contributed by atoms with Gasteiger partial charge in [0, 0.05) is 15.7 Å². The van der Waals surface area contributed by atoms with Crippen LogP contribution in [-0.4, -0.2) is 17.6 Å². The van der Waals surface area contributed by atoms with Gasteiger partial charge in [-0.1, -0.05) is 36.4 Å². The van der Waals surface area contributed by atoms with Gasteiger partial charge in [-0.05, 0) is 46.4 Å². The molecule has 1 atom stereocenters. The molecule has 4 heteroatoms. The molecule has 2 rings (SSSR count). The molecule has 0 radical (unpaired) electrons. The average molecular weight is 367 g/mol. The minimum absolute atomic E-state index is 0.173. The number of aliphatic hydroxyl groups excluding tert-OH is 1. The van der Waals surface area contributed by atoms with Crippen molar-refractivity contribution in [2.24, 2.45) is 0 Å². The molecule has 0 aliphatic rings. The van der Waals surface area contributed by atoms with E-state index >= 15 is 0 Å². The van der Waals surface area contributed by atoms with Crippen molar-refractivity contribution < 1.29 is 9.90 Å². The first kappa shape index (κ1) is 14.0. The molecule has 19 heavy (non-hydrogen) atoms. The largest absolute Gasteiger partial charge is 0.387 e. The molecule has 0 heterocycles. The van der Waals surface area contributed by atoms with Gasteiger partial charge < -0.3 is 10.4 Å². The Morgan fingerprint density at radius 2 is 1.89 bits per heavy atom. The van der Waals surface area contributed by atoms with Gasteiger partial charge in [-0.3, -0.25) is 4.79 Å². The minimum atomic E-state index is -0.687. The summed E-state index contributed by atoms with van der Waals surface area (Å²) in [6, 6.07) is 16.6. The molecule has 0 saturated carbocycles. The Morgan fingerprint density at radius 3 is 2.58 bits per heavy atom.